The second-order valence-corrected chi connectivity index (χ2v) is 11.1. The Labute approximate surface area is 249 Å². The maximum Gasteiger partial charge on any atom is 0.490 e. The number of benzene rings is 2. The summed E-state index contributed by atoms with van der Waals surface area (Å²) >= 11 is 1.77. The molecule has 3 aromatic heterocycles. The van der Waals surface area contributed by atoms with Crippen LogP contribution >= 0.6 is 11.3 Å². The van der Waals surface area contributed by atoms with Crippen molar-refractivity contribution in [1.82, 2.24) is 19.9 Å². The molecule has 0 atom stereocenters. The Morgan fingerprint density at radius 2 is 1.77 bits per heavy atom. The summed E-state index contributed by atoms with van der Waals surface area (Å²) in [6.07, 6.45) is -3.43. The fourth-order valence-electron chi connectivity index (χ4n) is 4.77. The molecule has 0 bridgehead atoms. The van der Waals surface area contributed by atoms with Crippen LogP contribution in [0.5, 0.6) is 0 Å². The Bertz CT molecular complexity index is 1770. The van der Waals surface area contributed by atoms with Gasteiger partial charge in [0.1, 0.15) is 17.7 Å². The van der Waals surface area contributed by atoms with Gasteiger partial charge in [-0.15, -0.1) is 11.3 Å². The number of hydrogen-bond acceptors (Lipinski definition) is 7. The number of nitrogens with one attached hydrogen (secondary N) is 1. The van der Waals surface area contributed by atoms with E-state index < -0.39 is 12.1 Å². The molecule has 2 N–H and O–H groups in total. The number of rotatable bonds is 5. The molecule has 12 heteroatoms. The number of imidazole rings is 1. The molecule has 1 aliphatic heterocycles. The molecule has 0 aliphatic carbocycles. The molecule has 2 aromatic carbocycles. The molecule has 1 aliphatic rings. The molecule has 1 fully saturated rings. The van der Waals surface area contributed by atoms with Crippen LogP contribution < -0.4 is 4.90 Å². The number of para-hydroxylation sites is 1. The Kier molecular flexibility index (Phi) is 8.75. The SMILES string of the molecule is Cc1cccc2[nH]c(-c3ccc(-c4cccc(CN5CCN(c6ccc(C#N)cn6)CC5)c4)s3)nc12.O=C(O)C(F)(F)F. The van der Waals surface area contributed by atoms with Crippen molar-refractivity contribution in [2.45, 2.75) is 19.6 Å². The van der Waals surface area contributed by atoms with E-state index in [1.165, 1.54) is 21.6 Å². The zero-order valence-electron chi connectivity index (χ0n) is 23.1. The number of carboxylic acid groups (broad SMARTS) is 1. The lowest BCUT2D eigenvalue weighted by Crippen LogP contribution is -2.46. The van der Waals surface area contributed by atoms with Gasteiger partial charge in [-0.3, -0.25) is 4.90 Å². The summed E-state index contributed by atoms with van der Waals surface area (Å²) in [4.78, 5) is 28.9. The van der Waals surface area contributed by atoms with Gasteiger partial charge in [0.15, 0.2) is 0 Å². The number of nitriles is 1. The number of fused-ring (bicyclic) bond motifs is 1. The first-order chi connectivity index (χ1) is 20.6. The van der Waals surface area contributed by atoms with Crippen molar-refractivity contribution < 1.29 is 23.1 Å². The number of anilines is 1. The molecule has 1 saturated heterocycles. The first-order valence-electron chi connectivity index (χ1n) is 13.4. The molecule has 0 amide bonds. The van der Waals surface area contributed by atoms with Gasteiger partial charge in [0.2, 0.25) is 0 Å². The summed E-state index contributed by atoms with van der Waals surface area (Å²) in [5, 5.41) is 16.1. The summed E-state index contributed by atoms with van der Waals surface area (Å²) < 4.78 is 31.7. The number of alkyl halides is 3. The molecule has 5 aromatic rings. The van der Waals surface area contributed by atoms with Crippen LogP contribution in [0.2, 0.25) is 0 Å². The molecule has 6 rings (SSSR count). The number of hydrogen-bond donors (Lipinski definition) is 2. The Morgan fingerprint density at radius 3 is 2.42 bits per heavy atom. The minimum Gasteiger partial charge on any atom is -0.475 e. The van der Waals surface area contributed by atoms with E-state index in [-0.39, 0.29) is 0 Å². The molecule has 0 radical (unpaired) electrons. The predicted molar refractivity (Wildman–Crippen MR) is 160 cm³/mol. The van der Waals surface area contributed by atoms with Gasteiger partial charge in [-0.1, -0.05) is 30.3 Å². The van der Waals surface area contributed by atoms with E-state index in [9.17, 15) is 13.2 Å². The number of aryl methyl sites for hydroxylation is 1. The molecule has 220 valence electrons. The minimum atomic E-state index is -5.08. The molecule has 0 spiro atoms. The van der Waals surface area contributed by atoms with E-state index >= 15 is 0 Å². The maximum absolute atomic E-state index is 10.6. The average molecular weight is 605 g/mol. The number of halogens is 3. The maximum atomic E-state index is 10.6. The van der Waals surface area contributed by atoms with Gasteiger partial charge < -0.3 is 15.0 Å². The van der Waals surface area contributed by atoms with Crippen LogP contribution in [0.1, 0.15) is 16.7 Å². The highest BCUT2D eigenvalue weighted by atomic mass is 32.1. The van der Waals surface area contributed by atoms with Gasteiger partial charge in [0, 0.05) is 43.8 Å². The second-order valence-electron chi connectivity index (χ2n) is 10.0. The van der Waals surface area contributed by atoms with Crippen LogP contribution in [-0.2, 0) is 11.3 Å². The largest absolute Gasteiger partial charge is 0.490 e. The van der Waals surface area contributed by atoms with Crippen LogP contribution in [0.4, 0.5) is 19.0 Å². The van der Waals surface area contributed by atoms with Gasteiger partial charge >= 0.3 is 12.1 Å². The Hall–Kier alpha value is -4.73. The molecular formula is C31H27F3N6O2S. The van der Waals surface area contributed by atoms with Crippen LogP contribution in [-0.4, -0.2) is 63.3 Å². The third-order valence-corrected chi connectivity index (χ3v) is 8.13. The topological polar surface area (TPSA) is 109 Å². The van der Waals surface area contributed by atoms with Gasteiger partial charge in [-0.25, -0.2) is 14.8 Å². The number of thiophene rings is 1. The number of aromatic nitrogens is 3. The summed E-state index contributed by atoms with van der Waals surface area (Å²) in [6, 6.07) is 25.4. The van der Waals surface area contributed by atoms with Crippen molar-refractivity contribution in [2.75, 3.05) is 31.1 Å². The number of aromatic amines is 1. The van der Waals surface area contributed by atoms with E-state index in [2.05, 4.69) is 87.4 Å². The van der Waals surface area contributed by atoms with E-state index in [0.717, 1.165) is 60.3 Å². The summed E-state index contributed by atoms with van der Waals surface area (Å²) in [5.41, 5.74) is 6.48. The molecule has 8 nitrogen and oxygen atoms in total. The third-order valence-electron chi connectivity index (χ3n) is 6.99. The van der Waals surface area contributed by atoms with Gasteiger partial charge in [-0.05, 0) is 60.0 Å². The van der Waals surface area contributed by atoms with Crippen molar-refractivity contribution in [2.24, 2.45) is 0 Å². The highest BCUT2D eigenvalue weighted by Gasteiger charge is 2.38. The number of pyridine rings is 1. The fraction of sp³-hybridized carbons (Fsp3) is 0.226. The summed E-state index contributed by atoms with van der Waals surface area (Å²) in [7, 11) is 0. The van der Waals surface area contributed by atoms with Gasteiger partial charge in [0.05, 0.1) is 21.5 Å². The quantitative estimate of drug-likeness (QED) is 0.236. The van der Waals surface area contributed by atoms with Gasteiger partial charge in [0.25, 0.3) is 0 Å². The van der Waals surface area contributed by atoms with E-state index in [1.54, 1.807) is 17.5 Å². The average Bonchev–Trinajstić information content (AvgIpc) is 3.66. The van der Waals surface area contributed by atoms with Crippen LogP contribution in [0, 0.1) is 18.3 Å². The van der Waals surface area contributed by atoms with Crippen molar-refractivity contribution in [3.63, 3.8) is 0 Å². The fourth-order valence-corrected chi connectivity index (χ4v) is 5.72. The number of piperazine rings is 1. The van der Waals surface area contributed by atoms with Crippen LogP contribution in [0.3, 0.4) is 0 Å². The lowest BCUT2D eigenvalue weighted by atomic mass is 10.1. The molecule has 43 heavy (non-hydrogen) atoms. The highest BCUT2D eigenvalue weighted by Crippen LogP contribution is 2.35. The number of H-pyrrole nitrogens is 1. The normalized spacial score (nSPS) is 13.8. The number of aliphatic carboxylic acids is 1. The predicted octanol–water partition coefficient (Wildman–Crippen LogP) is 6.49. The Morgan fingerprint density at radius 1 is 1.05 bits per heavy atom. The van der Waals surface area contributed by atoms with E-state index in [0.29, 0.717) is 5.56 Å². The highest BCUT2D eigenvalue weighted by molar-refractivity contribution is 7.18. The zero-order chi connectivity index (χ0) is 30.6. The smallest absolute Gasteiger partial charge is 0.475 e. The van der Waals surface area contributed by atoms with Crippen molar-refractivity contribution in [3.8, 4) is 27.2 Å². The molecule has 4 heterocycles. The van der Waals surface area contributed by atoms with E-state index in [1.807, 2.05) is 12.1 Å². The lowest BCUT2D eigenvalue weighted by molar-refractivity contribution is -0.192. The number of carboxylic acids is 1. The Balaban J connectivity index is 0.000000472. The first-order valence-corrected chi connectivity index (χ1v) is 14.2. The van der Waals surface area contributed by atoms with Crippen molar-refractivity contribution in [3.05, 3.63) is 89.6 Å². The van der Waals surface area contributed by atoms with Gasteiger partial charge in [-0.2, -0.15) is 18.4 Å². The monoisotopic (exact) mass is 604 g/mol. The first kappa shape index (κ1) is 29.8. The molecule has 0 saturated carbocycles. The zero-order valence-corrected chi connectivity index (χ0v) is 23.9. The number of nitrogens with zero attached hydrogens (tertiary/aromatic N) is 5. The van der Waals surface area contributed by atoms with Crippen LogP contribution in [0.25, 0.3) is 32.2 Å². The molecular weight excluding hydrogens is 577 g/mol. The van der Waals surface area contributed by atoms with Crippen molar-refractivity contribution in [1.29, 1.82) is 5.26 Å². The lowest BCUT2D eigenvalue weighted by Gasteiger charge is -2.35. The second kappa shape index (κ2) is 12.6. The third kappa shape index (κ3) is 7.20. The molecule has 0 unspecified atom stereocenters. The summed E-state index contributed by atoms with van der Waals surface area (Å²) in [5.74, 6) is -0.877. The standard InChI is InChI=1S/C29H26N6S.C2HF3O2/c1-20-4-2-7-24-28(20)33-29(32-24)26-10-9-25(36-26)23-6-3-5-21(16-23)19-34-12-14-35(15-13-34)27-11-8-22(17-30)18-31-27;3-2(4,5)1(6)7/h2-11,16,18H,12-15,19H2,1H3,(H,32,33);(H,6,7). The van der Waals surface area contributed by atoms with Crippen molar-refractivity contribution >= 4 is 34.2 Å². The summed E-state index contributed by atoms with van der Waals surface area (Å²) in [6.45, 7) is 6.88. The number of carbonyl (C=O) groups is 1. The van der Waals surface area contributed by atoms with E-state index in [4.69, 9.17) is 20.1 Å². The minimum absolute atomic E-state index is 0.600. The van der Waals surface area contributed by atoms with Crippen LogP contribution in [0.15, 0.2) is 72.9 Å².